The van der Waals surface area contributed by atoms with Crippen LogP contribution in [-0.2, 0) is 9.78 Å². The van der Waals surface area contributed by atoms with Gasteiger partial charge in [-0.15, -0.1) is 13.2 Å². The maximum absolute atomic E-state index is 4.60. The highest BCUT2D eigenvalue weighted by Crippen LogP contribution is 1.92. The van der Waals surface area contributed by atoms with Crippen LogP contribution >= 0.6 is 0 Å². The molecule has 0 rings (SSSR count). The quantitative estimate of drug-likeness (QED) is 0.311. The first kappa shape index (κ1) is 7.40. The van der Waals surface area contributed by atoms with E-state index < -0.39 is 0 Å². The normalized spacial score (nSPS) is 9.25. The highest BCUT2D eigenvalue weighted by Gasteiger charge is 1.93. The van der Waals surface area contributed by atoms with Gasteiger partial charge in [-0.3, -0.25) is 0 Å². The lowest BCUT2D eigenvalue weighted by molar-refractivity contribution is -0.282. The van der Waals surface area contributed by atoms with E-state index in [1.54, 1.807) is 12.2 Å². The van der Waals surface area contributed by atoms with Crippen LogP contribution < -0.4 is 0 Å². The average Bonchev–Trinajstić information content (AvgIpc) is 1.83. The molecule has 0 aliphatic heterocycles. The van der Waals surface area contributed by atoms with Crippen LogP contribution in [0.1, 0.15) is 0 Å². The molecule has 0 aromatic heterocycles. The predicted octanol–water partition coefficient (Wildman–Crippen LogP) is 1.30. The molecule has 0 amide bonds. The van der Waals surface area contributed by atoms with Gasteiger partial charge in [0.2, 0.25) is 0 Å². The van der Waals surface area contributed by atoms with Crippen molar-refractivity contribution in [1.29, 1.82) is 0 Å². The van der Waals surface area contributed by atoms with Crippen molar-refractivity contribution in [3.8, 4) is 0 Å². The third-order valence-corrected chi connectivity index (χ3v) is 0.672. The van der Waals surface area contributed by atoms with Gasteiger partial charge in [0.25, 0.3) is 0 Å². The van der Waals surface area contributed by atoms with Crippen LogP contribution in [-0.4, -0.2) is 13.2 Å². The van der Waals surface area contributed by atoms with E-state index in [1.165, 1.54) is 7.11 Å². The Kier molecular flexibility index (Phi) is 4.21. The van der Waals surface area contributed by atoms with Gasteiger partial charge < -0.3 is 0 Å². The van der Waals surface area contributed by atoms with Crippen molar-refractivity contribution < 1.29 is 9.78 Å². The fraction of sp³-hybridized carbons (Fsp3) is 0.333. The van der Waals surface area contributed by atoms with Crippen LogP contribution in [0.15, 0.2) is 25.3 Å². The molecular formula is C6H10O2. The number of rotatable bonds is 4. The van der Waals surface area contributed by atoms with E-state index in [0.717, 1.165) is 0 Å². The summed E-state index contributed by atoms with van der Waals surface area (Å²) in [5, 5.41) is 0. The minimum Gasteiger partial charge on any atom is -0.239 e. The van der Waals surface area contributed by atoms with Crippen LogP contribution in [0, 0.1) is 0 Å². The Morgan fingerprint density at radius 2 is 1.88 bits per heavy atom. The molecule has 0 aliphatic carbocycles. The fourth-order valence-electron chi connectivity index (χ4n) is 0.286. The number of hydrogen-bond donors (Lipinski definition) is 0. The van der Waals surface area contributed by atoms with Crippen LogP contribution in [0.5, 0.6) is 0 Å². The molecular weight excluding hydrogens is 104 g/mol. The monoisotopic (exact) mass is 114 g/mol. The summed E-state index contributed by atoms with van der Waals surface area (Å²) in [5.41, 5.74) is 0. The second kappa shape index (κ2) is 4.56. The van der Waals surface area contributed by atoms with Gasteiger partial charge in [-0.25, -0.2) is 9.78 Å². The van der Waals surface area contributed by atoms with Gasteiger partial charge in [-0.2, -0.15) is 0 Å². The SMILES string of the molecule is C=CC(C=C)OOC. The van der Waals surface area contributed by atoms with Gasteiger partial charge >= 0.3 is 0 Å². The highest BCUT2D eigenvalue weighted by molar-refractivity contribution is 4.92. The molecule has 0 aromatic rings. The van der Waals surface area contributed by atoms with Crippen molar-refractivity contribution in [2.45, 2.75) is 6.10 Å². The van der Waals surface area contributed by atoms with Crippen molar-refractivity contribution in [3.05, 3.63) is 25.3 Å². The molecule has 0 saturated heterocycles. The Morgan fingerprint density at radius 1 is 1.38 bits per heavy atom. The highest BCUT2D eigenvalue weighted by atomic mass is 17.2. The fourth-order valence-corrected chi connectivity index (χ4v) is 0.286. The summed E-state index contributed by atoms with van der Waals surface area (Å²) in [6.45, 7) is 6.95. The molecule has 46 valence electrons. The molecule has 0 atom stereocenters. The zero-order valence-electron chi connectivity index (χ0n) is 4.96. The molecule has 0 saturated carbocycles. The molecule has 0 unspecified atom stereocenters. The Balaban J connectivity index is 3.35. The Labute approximate surface area is 49.3 Å². The summed E-state index contributed by atoms with van der Waals surface area (Å²) in [7, 11) is 1.44. The van der Waals surface area contributed by atoms with Crippen LogP contribution in [0.2, 0.25) is 0 Å². The molecule has 2 heteroatoms. The zero-order valence-corrected chi connectivity index (χ0v) is 4.96. The van der Waals surface area contributed by atoms with E-state index in [4.69, 9.17) is 0 Å². The second-order valence-corrected chi connectivity index (χ2v) is 1.20. The van der Waals surface area contributed by atoms with Crippen molar-refractivity contribution in [1.82, 2.24) is 0 Å². The van der Waals surface area contributed by atoms with Gasteiger partial charge in [0, 0.05) is 0 Å². The summed E-state index contributed by atoms with van der Waals surface area (Å²) < 4.78 is 0. The molecule has 0 heterocycles. The maximum atomic E-state index is 4.60. The van der Waals surface area contributed by atoms with Gasteiger partial charge in [0.1, 0.15) is 6.10 Å². The summed E-state index contributed by atoms with van der Waals surface area (Å²) in [4.78, 5) is 8.95. The average molecular weight is 114 g/mol. The van der Waals surface area contributed by atoms with Crippen molar-refractivity contribution in [3.63, 3.8) is 0 Å². The molecule has 0 radical (unpaired) electrons. The molecule has 0 bridgehead atoms. The van der Waals surface area contributed by atoms with E-state index >= 15 is 0 Å². The topological polar surface area (TPSA) is 18.5 Å². The molecule has 8 heavy (non-hydrogen) atoms. The molecule has 0 aromatic carbocycles. The van der Waals surface area contributed by atoms with Crippen molar-refractivity contribution in [2.75, 3.05) is 7.11 Å². The van der Waals surface area contributed by atoms with Crippen LogP contribution in [0.4, 0.5) is 0 Å². The van der Waals surface area contributed by atoms with E-state index in [1.807, 2.05) is 0 Å². The molecule has 0 fully saturated rings. The Bertz CT molecular complexity index is 70.6. The Morgan fingerprint density at radius 3 is 2.00 bits per heavy atom. The third kappa shape index (κ3) is 2.55. The third-order valence-electron chi connectivity index (χ3n) is 0.672. The summed E-state index contributed by atoms with van der Waals surface area (Å²) in [6, 6.07) is 0. The predicted molar refractivity (Wildman–Crippen MR) is 32.3 cm³/mol. The molecule has 2 nitrogen and oxygen atoms in total. The lowest BCUT2D eigenvalue weighted by Gasteiger charge is -2.02. The van der Waals surface area contributed by atoms with Gasteiger partial charge in [0.05, 0.1) is 7.11 Å². The van der Waals surface area contributed by atoms with Gasteiger partial charge in [0.15, 0.2) is 0 Å². The lowest BCUT2D eigenvalue weighted by Crippen LogP contribution is -2.03. The molecule has 0 N–H and O–H groups in total. The summed E-state index contributed by atoms with van der Waals surface area (Å²) in [6.07, 6.45) is 2.99. The Hall–Kier alpha value is -0.600. The lowest BCUT2D eigenvalue weighted by atomic mass is 10.4. The molecule has 0 aliphatic rings. The standard InChI is InChI=1S/C6H10O2/c1-4-6(5-2)8-7-3/h4-6H,1-2H2,3H3. The van der Waals surface area contributed by atoms with Crippen LogP contribution in [0.25, 0.3) is 0 Å². The van der Waals surface area contributed by atoms with Crippen LogP contribution in [0.3, 0.4) is 0 Å². The van der Waals surface area contributed by atoms with E-state index in [-0.39, 0.29) is 6.10 Å². The van der Waals surface area contributed by atoms with E-state index in [9.17, 15) is 0 Å². The summed E-state index contributed by atoms with van der Waals surface area (Å²) >= 11 is 0. The maximum Gasteiger partial charge on any atom is 0.129 e. The zero-order chi connectivity index (χ0) is 6.41. The first-order chi connectivity index (χ1) is 3.85. The van der Waals surface area contributed by atoms with Crippen molar-refractivity contribution in [2.24, 2.45) is 0 Å². The minimum absolute atomic E-state index is 0.194. The van der Waals surface area contributed by atoms with Gasteiger partial charge in [-0.1, -0.05) is 12.2 Å². The second-order valence-electron chi connectivity index (χ2n) is 1.20. The van der Waals surface area contributed by atoms with E-state index in [0.29, 0.717) is 0 Å². The van der Waals surface area contributed by atoms with E-state index in [2.05, 4.69) is 22.9 Å². The first-order valence-electron chi connectivity index (χ1n) is 2.29. The first-order valence-corrected chi connectivity index (χ1v) is 2.29. The summed E-state index contributed by atoms with van der Waals surface area (Å²) in [5.74, 6) is 0. The largest absolute Gasteiger partial charge is 0.239 e. The minimum atomic E-state index is -0.194. The number of hydrogen-bond acceptors (Lipinski definition) is 2. The molecule has 0 spiro atoms. The smallest absolute Gasteiger partial charge is 0.129 e. The van der Waals surface area contributed by atoms with Gasteiger partial charge in [-0.05, 0) is 0 Å². The van der Waals surface area contributed by atoms with Crippen molar-refractivity contribution >= 4 is 0 Å².